The first-order valence-electron chi connectivity index (χ1n) is 9.52. The Balaban J connectivity index is 1.93. The normalized spacial score (nSPS) is 12.1. The summed E-state index contributed by atoms with van der Waals surface area (Å²) in [6, 6.07) is 8.78. The maximum Gasteiger partial charge on any atom is 0.231 e. The molecule has 0 unspecified atom stereocenters. The van der Waals surface area contributed by atoms with Gasteiger partial charge in [-0.25, -0.2) is 0 Å². The van der Waals surface area contributed by atoms with Crippen molar-refractivity contribution in [2.24, 2.45) is 0 Å². The van der Waals surface area contributed by atoms with Gasteiger partial charge in [0.05, 0.1) is 14.2 Å². The number of ether oxygens (including phenoxy) is 4. The van der Waals surface area contributed by atoms with Crippen LogP contribution in [0, 0.1) is 0 Å². The first-order valence-corrected chi connectivity index (χ1v) is 9.52. The summed E-state index contributed by atoms with van der Waals surface area (Å²) in [5, 5.41) is 0. The molecule has 7 nitrogen and oxygen atoms in total. The lowest BCUT2D eigenvalue weighted by atomic mass is 10.00. The third-order valence-electron chi connectivity index (χ3n) is 4.98. The van der Waals surface area contributed by atoms with Gasteiger partial charge in [0, 0.05) is 31.6 Å². The molecule has 0 atom stereocenters. The molecule has 0 aromatic heterocycles. The number of carbonyl (C=O) groups is 2. The fourth-order valence-electron chi connectivity index (χ4n) is 3.13. The van der Waals surface area contributed by atoms with Crippen LogP contribution in [0.2, 0.25) is 0 Å². The van der Waals surface area contributed by atoms with Crippen molar-refractivity contribution in [3.05, 3.63) is 53.1 Å². The lowest BCUT2D eigenvalue weighted by molar-refractivity contribution is -0.127. The second kappa shape index (κ2) is 9.35. The van der Waals surface area contributed by atoms with Crippen LogP contribution in [0.5, 0.6) is 23.0 Å². The number of hydrogen-bond donors (Lipinski definition) is 0. The van der Waals surface area contributed by atoms with Crippen LogP contribution in [0.15, 0.2) is 36.4 Å². The van der Waals surface area contributed by atoms with Gasteiger partial charge in [-0.2, -0.15) is 0 Å². The minimum absolute atomic E-state index is 0.0190. The molecule has 1 aliphatic heterocycles. The highest BCUT2D eigenvalue weighted by atomic mass is 16.7. The Kier molecular flexibility index (Phi) is 6.61. The van der Waals surface area contributed by atoms with Crippen LogP contribution >= 0.6 is 0 Å². The van der Waals surface area contributed by atoms with Crippen LogP contribution in [-0.2, 0) is 11.2 Å². The zero-order valence-corrected chi connectivity index (χ0v) is 17.6. The van der Waals surface area contributed by atoms with Crippen LogP contribution < -0.4 is 18.9 Å². The smallest absolute Gasteiger partial charge is 0.231 e. The van der Waals surface area contributed by atoms with E-state index in [2.05, 4.69) is 0 Å². The van der Waals surface area contributed by atoms with E-state index in [-0.39, 0.29) is 18.5 Å². The van der Waals surface area contributed by atoms with Crippen LogP contribution in [0.25, 0.3) is 6.08 Å². The van der Waals surface area contributed by atoms with Gasteiger partial charge in [-0.3, -0.25) is 9.59 Å². The second-order valence-corrected chi connectivity index (χ2v) is 6.83. The van der Waals surface area contributed by atoms with Gasteiger partial charge in [0.25, 0.3) is 0 Å². The molecule has 7 heteroatoms. The van der Waals surface area contributed by atoms with Gasteiger partial charge < -0.3 is 23.8 Å². The predicted molar refractivity (Wildman–Crippen MR) is 112 cm³/mol. The zero-order valence-electron chi connectivity index (χ0n) is 17.6. The molecule has 0 spiro atoms. The van der Waals surface area contributed by atoms with E-state index in [1.165, 1.54) is 13.0 Å². The van der Waals surface area contributed by atoms with E-state index in [9.17, 15) is 9.59 Å². The number of methoxy groups -OCH3 is 2. The maximum absolute atomic E-state index is 12.6. The minimum atomic E-state index is -0.149. The van der Waals surface area contributed by atoms with Crippen molar-refractivity contribution in [3.8, 4) is 23.0 Å². The summed E-state index contributed by atoms with van der Waals surface area (Å²) < 4.78 is 21.8. The fourth-order valence-corrected chi connectivity index (χ4v) is 3.13. The minimum Gasteiger partial charge on any atom is -0.497 e. The molecule has 0 fully saturated rings. The van der Waals surface area contributed by atoms with Crippen molar-refractivity contribution in [2.75, 3.05) is 34.6 Å². The van der Waals surface area contributed by atoms with Gasteiger partial charge in [-0.15, -0.1) is 0 Å². The van der Waals surface area contributed by atoms with Crippen LogP contribution in [0.1, 0.15) is 28.4 Å². The molecule has 3 rings (SSSR count). The average molecular weight is 411 g/mol. The second-order valence-electron chi connectivity index (χ2n) is 6.83. The molecular weight excluding hydrogens is 386 g/mol. The molecule has 0 saturated heterocycles. The van der Waals surface area contributed by atoms with Crippen molar-refractivity contribution in [1.82, 2.24) is 4.90 Å². The molecule has 158 valence electrons. The zero-order chi connectivity index (χ0) is 21.7. The van der Waals surface area contributed by atoms with E-state index in [0.29, 0.717) is 41.5 Å². The van der Waals surface area contributed by atoms with E-state index in [1.807, 2.05) is 6.07 Å². The standard InChI is InChI=1S/C23H25NO6/c1-15(25)24(2)12-11-17-13-21-23(30-14-29-21)22(28-4)19(17)9-10-20(26)16-5-7-18(27-3)8-6-16/h5-10,13H,11-12,14H2,1-4H3. The number of rotatable bonds is 8. The lowest BCUT2D eigenvalue weighted by Crippen LogP contribution is -2.26. The van der Waals surface area contributed by atoms with Gasteiger partial charge >= 0.3 is 0 Å². The summed E-state index contributed by atoms with van der Waals surface area (Å²) in [5.41, 5.74) is 2.16. The number of amides is 1. The quantitative estimate of drug-likeness (QED) is 0.490. The third-order valence-corrected chi connectivity index (χ3v) is 4.98. The Hall–Kier alpha value is -3.48. The van der Waals surface area contributed by atoms with E-state index < -0.39 is 0 Å². The summed E-state index contributed by atoms with van der Waals surface area (Å²) in [5.74, 6) is 2.12. The van der Waals surface area contributed by atoms with Crippen molar-refractivity contribution >= 4 is 17.8 Å². The highest BCUT2D eigenvalue weighted by molar-refractivity contribution is 6.07. The van der Waals surface area contributed by atoms with Crippen molar-refractivity contribution < 1.29 is 28.5 Å². The van der Waals surface area contributed by atoms with Crippen molar-refractivity contribution in [2.45, 2.75) is 13.3 Å². The molecule has 2 aromatic rings. The first kappa shape index (κ1) is 21.2. The fraction of sp³-hybridized carbons (Fsp3) is 0.304. The van der Waals surface area contributed by atoms with Gasteiger partial charge in [-0.1, -0.05) is 0 Å². The monoisotopic (exact) mass is 411 g/mol. The Bertz CT molecular complexity index is 965. The molecular formula is C23H25NO6. The Labute approximate surface area is 175 Å². The van der Waals surface area contributed by atoms with Crippen LogP contribution in [-0.4, -0.2) is 51.2 Å². The molecule has 2 aromatic carbocycles. The molecule has 0 aliphatic carbocycles. The maximum atomic E-state index is 12.6. The first-order chi connectivity index (χ1) is 14.4. The van der Waals surface area contributed by atoms with Crippen LogP contribution in [0.3, 0.4) is 0 Å². The number of allylic oxidation sites excluding steroid dienone is 1. The molecule has 1 heterocycles. The summed E-state index contributed by atoms with van der Waals surface area (Å²) in [4.78, 5) is 25.8. The average Bonchev–Trinajstić information content (AvgIpc) is 3.23. The summed E-state index contributed by atoms with van der Waals surface area (Å²) in [7, 11) is 4.87. The lowest BCUT2D eigenvalue weighted by Gasteiger charge is -2.18. The molecule has 0 radical (unpaired) electrons. The van der Waals surface area contributed by atoms with Crippen molar-refractivity contribution in [3.63, 3.8) is 0 Å². The number of benzene rings is 2. The Morgan fingerprint density at radius 2 is 1.87 bits per heavy atom. The third kappa shape index (κ3) is 4.56. The molecule has 0 saturated carbocycles. The van der Waals surface area contributed by atoms with Gasteiger partial charge in [0.2, 0.25) is 18.4 Å². The number of carbonyl (C=O) groups excluding carboxylic acids is 2. The number of likely N-dealkylation sites (N-methyl/N-ethyl adjacent to an activating group) is 1. The highest BCUT2D eigenvalue weighted by Crippen LogP contribution is 2.45. The van der Waals surface area contributed by atoms with E-state index in [1.54, 1.807) is 56.5 Å². The highest BCUT2D eigenvalue weighted by Gasteiger charge is 2.24. The Morgan fingerprint density at radius 3 is 2.50 bits per heavy atom. The molecule has 1 aliphatic rings. The van der Waals surface area contributed by atoms with Gasteiger partial charge in [0.1, 0.15) is 5.75 Å². The van der Waals surface area contributed by atoms with Gasteiger partial charge in [0.15, 0.2) is 17.3 Å². The number of hydrogen-bond acceptors (Lipinski definition) is 6. The predicted octanol–water partition coefficient (Wildman–Crippen LogP) is 3.35. The van der Waals surface area contributed by atoms with E-state index >= 15 is 0 Å². The van der Waals surface area contributed by atoms with E-state index in [0.717, 1.165) is 11.1 Å². The largest absolute Gasteiger partial charge is 0.497 e. The Morgan fingerprint density at radius 1 is 1.13 bits per heavy atom. The molecule has 0 bridgehead atoms. The summed E-state index contributed by atoms with van der Waals surface area (Å²) in [6.07, 6.45) is 3.79. The van der Waals surface area contributed by atoms with Crippen molar-refractivity contribution in [1.29, 1.82) is 0 Å². The SMILES string of the molecule is COc1ccc(C(=O)C=Cc2c(CCN(C)C(C)=O)cc3c(c2OC)OCO3)cc1. The summed E-state index contributed by atoms with van der Waals surface area (Å²) in [6.45, 7) is 2.15. The van der Waals surface area contributed by atoms with E-state index in [4.69, 9.17) is 18.9 Å². The van der Waals surface area contributed by atoms with Crippen LogP contribution in [0.4, 0.5) is 0 Å². The number of nitrogens with zero attached hydrogens (tertiary/aromatic N) is 1. The summed E-state index contributed by atoms with van der Waals surface area (Å²) >= 11 is 0. The molecule has 0 N–H and O–H groups in total. The van der Waals surface area contributed by atoms with Gasteiger partial charge in [-0.05, 0) is 54.5 Å². The number of ketones is 1. The topological polar surface area (TPSA) is 74.3 Å². The molecule has 30 heavy (non-hydrogen) atoms. The number of fused-ring (bicyclic) bond motifs is 1. The molecule has 1 amide bonds.